The molecule has 176 valence electrons. The number of amides is 1. The number of ether oxygens (including phenoxy) is 1. The molecule has 0 radical (unpaired) electrons. The molecule has 0 saturated carbocycles. The van der Waals surface area contributed by atoms with Crippen LogP contribution in [0.15, 0.2) is 47.6 Å². The van der Waals surface area contributed by atoms with Crippen LogP contribution in [0.5, 0.6) is 5.75 Å². The Morgan fingerprint density at radius 2 is 1.88 bits per heavy atom. The predicted molar refractivity (Wildman–Crippen MR) is 127 cm³/mol. The first-order valence-corrected chi connectivity index (χ1v) is 11.6. The third-order valence-electron chi connectivity index (χ3n) is 4.85. The highest BCUT2D eigenvalue weighted by molar-refractivity contribution is 7.99. The highest BCUT2D eigenvalue weighted by atomic mass is 35.5. The molecule has 33 heavy (non-hydrogen) atoms. The van der Waals surface area contributed by atoms with Crippen molar-refractivity contribution in [3.63, 3.8) is 0 Å². The normalized spacial score (nSPS) is 11.0. The first-order valence-electron chi connectivity index (χ1n) is 10.2. The number of nitrogens with zero attached hydrogens (tertiary/aromatic N) is 4. The van der Waals surface area contributed by atoms with E-state index in [1.165, 1.54) is 30.0 Å². The maximum atomic E-state index is 12.3. The van der Waals surface area contributed by atoms with E-state index in [1.807, 2.05) is 23.7 Å². The highest BCUT2D eigenvalue weighted by Gasteiger charge is 2.15. The number of aromatic nitrogens is 3. The number of carbonyl (C=O) groups excluding carboxylic acids is 1. The summed E-state index contributed by atoms with van der Waals surface area (Å²) in [5, 5.41) is 11.7. The van der Waals surface area contributed by atoms with Gasteiger partial charge in [0.25, 0.3) is 0 Å². The molecule has 0 spiro atoms. The Hall–Kier alpha value is -2.85. The van der Waals surface area contributed by atoms with Gasteiger partial charge in [-0.25, -0.2) is 0 Å². The minimum Gasteiger partial charge on any atom is -0.433 e. The second-order valence-corrected chi connectivity index (χ2v) is 8.29. The van der Waals surface area contributed by atoms with Crippen LogP contribution in [0.25, 0.3) is 11.4 Å². The predicted octanol–water partition coefficient (Wildman–Crippen LogP) is 5.31. The molecule has 0 bridgehead atoms. The van der Waals surface area contributed by atoms with E-state index in [9.17, 15) is 13.6 Å². The number of halogens is 3. The third-order valence-corrected chi connectivity index (χ3v) is 6.17. The van der Waals surface area contributed by atoms with Crippen LogP contribution >= 0.6 is 23.4 Å². The molecule has 1 amide bonds. The average molecular weight is 496 g/mol. The summed E-state index contributed by atoms with van der Waals surface area (Å²) in [4.78, 5) is 14.6. The second-order valence-electron chi connectivity index (χ2n) is 6.94. The molecule has 0 fully saturated rings. The van der Waals surface area contributed by atoms with E-state index in [-0.39, 0.29) is 22.4 Å². The van der Waals surface area contributed by atoms with Crippen molar-refractivity contribution in [2.24, 2.45) is 7.05 Å². The largest absolute Gasteiger partial charge is 0.433 e. The van der Waals surface area contributed by atoms with Gasteiger partial charge in [-0.3, -0.25) is 4.79 Å². The van der Waals surface area contributed by atoms with Crippen molar-refractivity contribution < 1.29 is 18.3 Å². The molecular weight excluding hydrogens is 472 g/mol. The van der Waals surface area contributed by atoms with Gasteiger partial charge in [0.05, 0.1) is 10.8 Å². The summed E-state index contributed by atoms with van der Waals surface area (Å²) < 4.78 is 30.8. The molecule has 7 nitrogen and oxygen atoms in total. The van der Waals surface area contributed by atoms with Gasteiger partial charge in [-0.05, 0) is 56.3 Å². The summed E-state index contributed by atoms with van der Waals surface area (Å²) in [6.45, 7) is 3.12. The molecule has 1 N–H and O–H groups in total. The maximum Gasteiger partial charge on any atom is 0.387 e. The highest BCUT2D eigenvalue weighted by Crippen LogP contribution is 2.29. The van der Waals surface area contributed by atoms with Gasteiger partial charge in [0.1, 0.15) is 5.75 Å². The molecule has 3 aromatic rings. The number of nitrogens with one attached hydrogen (secondary N) is 1. The van der Waals surface area contributed by atoms with Crippen molar-refractivity contribution in [1.29, 1.82) is 0 Å². The zero-order chi connectivity index (χ0) is 24.0. The van der Waals surface area contributed by atoms with Crippen molar-refractivity contribution in [2.45, 2.75) is 25.6 Å². The molecule has 0 unspecified atom stereocenters. The van der Waals surface area contributed by atoms with E-state index in [0.717, 1.165) is 24.3 Å². The summed E-state index contributed by atoms with van der Waals surface area (Å²) in [6, 6.07) is 12.2. The molecule has 0 aliphatic rings. The Balaban J connectivity index is 1.60. The van der Waals surface area contributed by atoms with Crippen molar-refractivity contribution in [3.8, 4) is 17.1 Å². The number of thioether (sulfide) groups is 1. The zero-order valence-electron chi connectivity index (χ0n) is 18.4. The summed E-state index contributed by atoms with van der Waals surface area (Å²) in [6.07, 6.45) is 0. The number of anilines is 2. The van der Waals surface area contributed by atoms with Crippen LogP contribution in [-0.4, -0.2) is 46.1 Å². The van der Waals surface area contributed by atoms with E-state index in [4.69, 9.17) is 11.6 Å². The molecule has 0 saturated heterocycles. The lowest BCUT2D eigenvalue weighted by molar-refractivity contribution is -0.113. The molecule has 3 rings (SSSR count). The first kappa shape index (κ1) is 24.8. The van der Waals surface area contributed by atoms with E-state index < -0.39 is 6.61 Å². The Morgan fingerprint density at radius 1 is 1.18 bits per heavy atom. The van der Waals surface area contributed by atoms with Crippen LogP contribution in [0.4, 0.5) is 20.2 Å². The SMILES string of the molecule is CCN(CC)c1ccc(-c2nnc(SCC(=O)Nc3ccc(OC(F)F)c(Cl)c3)n2C)cc1. The van der Waals surface area contributed by atoms with Crippen LogP contribution in [0.3, 0.4) is 0 Å². The summed E-state index contributed by atoms with van der Waals surface area (Å²) >= 11 is 7.15. The van der Waals surface area contributed by atoms with Gasteiger partial charge in [0, 0.05) is 37.1 Å². The van der Waals surface area contributed by atoms with Crippen molar-refractivity contribution in [3.05, 3.63) is 47.5 Å². The number of rotatable bonds is 10. The fraction of sp³-hybridized carbons (Fsp3) is 0.318. The van der Waals surface area contributed by atoms with Gasteiger partial charge >= 0.3 is 6.61 Å². The lowest BCUT2D eigenvalue weighted by atomic mass is 10.2. The molecule has 0 aliphatic carbocycles. The standard InChI is InChI=1S/C22H24ClF2N5O2S/c1-4-30(5-2)16-9-6-14(7-10-16)20-27-28-22(29(20)3)33-13-19(31)26-15-8-11-18(17(23)12-15)32-21(24)25/h6-12,21H,4-5,13H2,1-3H3,(H,26,31). The number of hydrogen-bond acceptors (Lipinski definition) is 6. The Labute approximate surface area is 200 Å². The van der Waals surface area contributed by atoms with Crippen molar-refractivity contribution in [1.82, 2.24) is 14.8 Å². The number of benzene rings is 2. The molecular formula is C22H24ClF2N5O2S. The molecule has 1 heterocycles. The number of carbonyl (C=O) groups is 1. The Kier molecular flexibility index (Phi) is 8.51. The monoisotopic (exact) mass is 495 g/mol. The topological polar surface area (TPSA) is 72.3 Å². The third kappa shape index (κ3) is 6.35. The molecule has 0 atom stereocenters. The number of hydrogen-bond donors (Lipinski definition) is 1. The Morgan fingerprint density at radius 3 is 2.48 bits per heavy atom. The molecule has 2 aromatic carbocycles. The molecule has 0 aliphatic heterocycles. The Bertz CT molecular complexity index is 1090. The van der Waals surface area contributed by atoms with Gasteiger partial charge in [-0.2, -0.15) is 8.78 Å². The summed E-state index contributed by atoms with van der Waals surface area (Å²) in [5.41, 5.74) is 2.45. The maximum absolute atomic E-state index is 12.3. The summed E-state index contributed by atoms with van der Waals surface area (Å²) in [7, 11) is 1.84. The van der Waals surface area contributed by atoms with E-state index in [2.05, 4.69) is 51.1 Å². The molecule has 11 heteroatoms. The van der Waals surface area contributed by atoms with E-state index in [0.29, 0.717) is 16.7 Å². The lowest BCUT2D eigenvalue weighted by Crippen LogP contribution is -2.21. The van der Waals surface area contributed by atoms with Gasteiger partial charge in [0.15, 0.2) is 11.0 Å². The smallest absolute Gasteiger partial charge is 0.387 e. The van der Waals surface area contributed by atoms with E-state index in [1.54, 1.807) is 0 Å². The van der Waals surface area contributed by atoms with Crippen LogP contribution in [0.2, 0.25) is 5.02 Å². The van der Waals surface area contributed by atoms with Crippen LogP contribution in [0, 0.1) is 0 Å². The van der Waals surface area contributed by atoms with Crippen molar-refractivity contribution in [2.75, 3.05) is 29.1 Å². The second kappa shape index (κ2) is 11.3. The van der Waals surface area contributed by atoms with E-state index >= 15 is 0 Å². The fourth-order valence-electron chi connectivity index (χ4n) is 3.20. The zero-order valence-corrected chi connectivity index (χ0v) is 20.0. The minimum atomic E-state index is -2.98. The summed E-state index contributed by atoms with van der Waals surface area (Å²) in [5.74, 6) is 0.327. The van der Waals surface area contributed by atoms with Crippen LogP contribution < -0.4 is 15.0 Å². The van der Waals surface area contributed by atoms with Gasteiger partial charge in [0.2, 0.25) is 5.91 Å². The lowest BCUT2D eigenvalue weighted by Gasteiger charge is -2.21. The number of alkyl halides is 2. The van der Waals surface area contributed by atoms with Gasteiger partial charge in [-0.15, -0.1) is 10.2 Å². The average Bonchev–Trinajstić information content (AvgIpc) is 3.15. The fourth-order valence-corrected chi connectivity index (χ4v) is 4.14. The van der Waals surface area contributed by atoms with Crippen molar-refractivity contribution >= 4 is 40.6 Å². The molecule has 1 aromatic heterocycles. The first-order chi connectivity index (χ1) is 15.8. The van der Waals surface area contributed by atoms with Crippen LogP contribution in [0.1, 0.15) is 13.8 Å². The minimum absolute atomic E-state index is 0.0225. The van der Waals surface area contributed by atoms with Gasteiger partial charge < -0.3 is 19.5 Å². The quantitative estimate of drug-likeness (QED) is 0.384. The van der Waals surface area contributed by atoms with Gasteiger partial charge in [-0.1, -0.05) is 23.4 Å². The van der Waals surface area contributed by atoms with Crippen LogP contribution in [-0.2, 0) is 11.8 Å².